The van der Waals surface area contributed by atoms with Crippen molar-refractivity contribution in [2.24, 2.45) is 0 Å². The Kier molecular flexibility index (Phi) is 4.65. The predicted octanol–water partition coefficient (Wildman–Crippen LogP) is 3.52. The van der Waals surface area contributed by atoms with Crippen LogP contribution in [0.1, 0.15) is 29.7 Å². The van der Waals surface area contributed by atoms with Gasteiger partial charge in [0, 0.05) is 6.20 Å². The summed E-state index contributed by atoms with van der Waals surface area (Å²) in [5.41, 5.74) is 3.19. The van der Waals surface area contributed by atoms with Gasteiger partial charge in [0.25, 0.3) is 5.56 Å². The Labute approximate surface area is 162 Å². The summed E-state index contributed by atoms with van der Waals surface area (Å²) in [6, 6.07) is 20.9. The fourth-order valence-electron chi connectivity index (χ4n) is 3.47. The number of hydrogen-bond acceptors (Lipinski definition) is 3. The van der Waals surface area contributed by atoms with E-state index in [9.17, 15) is 9.59 Å². The van der Waals surface area contributed by atoms with Crippen LogP contribution in [0.4, 0.5) is 0 Å². The van der Waals surface area contributed by atoms with Crippen molar-refractivity contribution >= 4 is 11.0 Å². The largest absolute Gasteiger partial charge is 0.332 e. The van der Waals surface area contributed by atoms with Gasteiger partial charge >= 0.3 is 5.69 Å². The Morgan fingerprint density at radius 2 is 1.64 bits per heavy atom. The molecule has 0 saturated carbocycles. The number of aryl methyl sites for hydroxylation is 1. The molecule has 0 saturated heterocycles. The Balaban J connectivity index is 1.95. The first kappa shape index (κ1) is 17.9. The Bertz CT molecular complexity index is 1240. The van der Waals surface area contributed by atoms with E-state index in [1.54, 1.807) is 22.9 Å². The minimum absolute atomic E-state index is 0.214. The van der Waals surface area contributed by atoms with E-state index >= 15 is 0 Å². The summed E-state index contributed by atoms with van der Waals surface area (Å²) in [5.74, 6) is 0. The normalized spacial score (nSPS) is 12.2. The van der Waals surface area contributed by atoms with Crippen molar-refractivity contribution in [1.29, 1.82) is 0 Å². The molecule has 4 rings (SSSR count). The molecule has 2 aromatic heterocycles. The molecule has 0 bridgehead atoms. The fraction of sp³-hybridized carbons (Fsp3) is 0.174. The van der Waals surface area contributed by atoms with Crippen LogP contribution in [0.2, 0.25) is 0 Å². The van der Waals surface area contributed by atoms with E-state index in [4.69, 9.17) is 0 Å². The molecule has 4 aromatic rings. The molecule has 5 heteroatoms. The summed E-state index contributed by atoms with van der Waals surface area (Å²) in [7, 11) is 0. The monoisotopic (exact) mass is 371 g/mol. The number of benzene rings is 2. The Hall–Kier alpha value is -3.47. The molecule has 0 N–H and O–H groups in total. The molecule has 0 aliphatic carbocycles. The quantitative estimate of drug-likeness (QED) is 0.551. The molecular weight excluding hydrogens is 350 g/mol. The van der Waals surface area contributed by atoms with Crippen LogP contribution in [-0.2, 0) is 6.54 Å². The van der Waals surface area contributed by atoms with Gasteiger partial charge < -0.3 is 0 Å². The number of fused-ring (bicyclic) bond motifs is 1. The van der Waals surface area contributed by atoms with Crippen molar-refractivity contribution in [2.75, 3.05) is 0 Å². The van der Waals surface area contributed by atoms with Gasteiger partial charge in [-0.1, -0.05) is 60.2 Å². The van der Waals surface area contributed by atoms with Crippen LogP contribution in [0.5, 0.6) is 0 Å². The van der Waals surface area contributed by atoms with Crippen molar-refractivity contribution in [3.63, 3.8) is 0 Å². The van der Waals surface area contributed by atoms with Crippen LogP contribution >= 0.6 is 0 Å². The van der Waals surface area contributed by atoms with Crippen molar-refractivity contribution < 1.29 is 0 Å². The fourth-order valence-corrected chi connectivity index (χ4v) is 3.47. The summed E-state index contributed by atoms with van der Waals surface area (Å²) in [6.45, 7) is 4.18. The molecule has 0 fully saturated rings. The van der Waals surface area contributed by atoms with E-state index in [2.05, 4.69) is 4.98 Å². The molecule has 0 radical (unpaired) electrons. The number of nitrogens with zero attached hydrogens (tertiary/aromatic N) is 3. The van der Waals surface area contributed by atoms with Crippen LogP contribution in [0.15, 0.2) is 82.5 Å². The first-order valence-corrected chi connectivity index (χ1v) is 9.27. The van der Waals surface area contributed by atoms with Crippen LogP contribution < -0.4 is 11.2 Å². The van der Waals surface area contributed by atoms with Gasteiger partial charge in [-0.05, 0) is 37.1 Å². The smallest absolute Gasteiger partial charge is 0.284 e. The molecule has 1 unspecified atom stereocenters. The van der Waals surface area contributed by atoms with Gasteiger partial charge in [-0.25, -0.2) is 9.78 Å². The third kappa shape index (κ3) is 3.16. The summed E-state index contributed by atoms with van der Waals surface area (Å²) in [5, 5.41) is 0. The van der Waals surface area contributed by atoms with Gasteiger partial charge in [-0.2, -0.15) is 0 Å². The summed E-state index contributed by atoms with van der Waals surface area (Å²) >= 11 is 0. The zero-order chi connectivity index (χ0) is 19.7. The predicted molar refractivity (Wildman–Crippen MR) is 111 cm³/mol. The van der Waals surface area contributed by atoms with E-state index in [1.807, 2.05) is 68.4 Å². The lowest BCUT2D eigenvalue weighted by molar-refractivity contribution is 0.566. The van der Waals surface area contributed by atoms with E-state index < -0.39 is 0 Å². The molecule has 2 aromatic carbocycles. The highest BCUT2D eigenvalue weighted by Gasteiger charge is 2.19. The molecule has 0 amide bonds. The number of hydrogen-bond donors (Lipinski definition) is 0. The maximum absolute atomic E-state index is 13.4. The minimum Gasteiger partial charge on any atom is -0.284 e. The second kappa shape index (κ2) is 7.27. The van der Waals surface area contributed by atoms with Gasteiger partial charge in [0.1, 0.15) is 0 Å². The third-order valence-corrected chi connectivity index (χ3v) is 5.06. The van der Waals surface area contributed by atoms with E-state index in [-0.39, 0.29) is 23.8 Å². The van der Waals surface area contributed by atoms with Gasteiger partial charge in [-0.15, -0.1) is 0 Å². The molecular formula is C23H21N3O2. The molecule has 0 aliphatic heterocycles. The molecule has 0 spiro atoms. The first-order chi connectivity index (χ1) is 13.6. The van der Waals surface area contributed by atoms with E-state index in [0.717, 1.165) is 16.7 Å². The van der Waals surface area contributed by atoms with Crippen molar-refractivity contribution in [3.05, 3.63) is 110 Å². The molecule has 140 valence electrons. The highest BCUT2D eigenvalue weighted by Crippen LogP contribution is 2.19. The molecule has 5 nitrogen and oxygen atoms in total. The van der Waals surface area contributed by atoms with E-state index in [0.29, 0.717) is 11.0 Å². The molecule has 28 heavy (non-hydrogen) atoms. The highest BCUT2D eigenvalue weighted by atomic mass is 16.2. The molecule has 0 aliphatic rings. The van der Waals surface area contributed by atoms with Crippen LogP contribution in [0.3, 0.4) is 0 Å². The number of rotatable bonds is 4. The minimum atomic E-state index is -0.363. The highest BCUT2D eigenvalue weighted by molar-refractivity contribution is 5.73. The second-order valence-electron chi connectivity index (χ2n) is 6.99. The van der Waals surface area contributed by atoms with Crippen LogP contribution in [-0.4, -0.2) is 14.1 Å². The SMILES string of the molecule is Cc1ccc(Cn2c(=O)c3ncccc3n(C(C)c3ccccc3)c2=O)cc1. The topological polar surface area (TPSA) is 56.9 Å². The molecule has 2 heterocycles. The average Bonchev–Trinajstić information content (AvgIpc) is 2.73. The van der Waals surface area contributed by atoms with Crippen molar-refractivity contribution in [3.8, 4) is 0 Å². The maximum atomic E-state index is 13.4. The van der Waals surface area contributed by atoms with Crippen molar-refractivity contribution in [1.82, 2.24) is 14.1 Å². The first-order valence-electron chi connectivity index (χ1n) is 9.27. The number of aromatic nitrogens is 3. The third-order valence-electron chi connectivity index (χ3n) is 5.06. The second-order valence-corrected chi connectivity index (χ2v) is 6.99. The van der Waals surface area contributed by atoms with Crippen LogP contribution in [0.25, 0.3) is 11.0 Å². The average molecular weight is 371 g/mol. The zero-order valence-corrected chi connectivity index (χ0v) is 15.9. The number of pyridine rings is 1. The van der Waals surface area contributed by atoms with Crippen LogP contribution in [0, 0.1) is 6.92 Å². The van der Waals surface area contributed by atoms with Gasteiger partial charge in [0.05, 0.1) is 18.1 Å². The Morgan fingerprint density at radius 1 is 0.929 bits per heavy atom. The Morgan fingerprint density at radius 3 is 2.36 bits per heavy atom. The summed E-state index contributed by atoms with van der Waals surface area (Å²) < 4.78 is 2.94. The lowest BCUT2D eigenvalue weighted by Gasteiger charge is -2.20. The van der Waals surface area contributed by atoms with Gasteiger partial charge in [-0.3, -0.25) is 13.9 Å². The summed E-state index contributed by atoms with van der Waals surface area (Å²) in [4.78, 5) is 30.7. The standard InChI is InChI=1S/C23H21N3O2/c1-16-10-12-18(13-11-16)15-25-22(27)21-20(9-6-14-24-21)26(23(25)28)17(2)19-7-4-3-5-8-19/h3-14,17H,15H2,1-2H3. The van der Waals surface area contributed by atoms with Gasteiger partial charge in [0.2, 0.25) is 0 Å². The van der Waals surface area contributed by atoms with Gasteiger partial charge in [0.15, 0.2) is 5.52 Å². The zero-order valence-electron chi connectivity index (χ0n) is 15.9. The summed E-state index contributed by atoms with van der Waals surface area (Å²) in [6.07, 6.45) is 1.59. The molecule has 1 atom stereocenters. The maximum Gasteiger partial charge on any atom is 0.332 e. The van der Waals surface area contributed by atoms with E-state index in [1.165, 1.54) is 4.57 Å². The van der Waals surface area contributed by atoms with Crippen molar-refractivity contribution in [2.45, 2.75) is 26.4 Å². The lowest BCUT2D eigenvalue weighted by Crippen LogP contribution is -2.41. The lowest BCUT2D eigenvalue weighted by atomic mass is 10.1.